The van der Waals surface area contributed by atoms with E-state index in [0.29, 0.717) is 6.61 Å². The molecule has 0 bridgehead atoms. The van der Waals surface area contributed by atoms with E-state index >= 15 is 0 Å². The maximum Gasteiger partial charge on any atom is 0.330 e. The van der Waals surface area contributed by atoms with Crippen molar-refractivity contribution in [3.8, 4) is 0 Å². The highest BCUT2D eigenvalue weighted by molar-refractivity contribution is 5.81. The maximum absolute atomic E-state index is 10.8. The molecule has 0 rings (SSSR count). The van der Waals surface area contributed by atoms with Gasteiger partial charge >= 0.3 is 5.97 Å². The smallest absolute Gasteiger partial charge is 0.330 e. The lowest BCUT2D eigenvalue weighted by Gasteiger charge is -2.03. The number of ether oxygens (including phenoxy) is 1. The summed E-state index contributed by atoms with van der Waals surface area (Å²) < 4.78 is 4.90. The molecule has 0 aliphatic heterocycles. The third-order valence-corrected chi connectivity index (χ3v) is 3.20. The maximum atomic E-state index is 10.8. The number of esters is 1. The van der Waals surface area contributed by atoms with Crippen LogP contribution in [0.15, 0.2) is 12.7 Å². The van der Waals surface area contributed by atoms with Gasteiger partial charge < -0.3 is 4.74 Å². The molecule has 0 N–H and O–H groups in total. The van der Waals surface area contributed by atoms with Crippen molar-refractivity contribution in [3.63, 3.8) is 0 Å². The van der Waals surface area contributed by atoms with Crippen molar-refractivity contribution in [3.05, 3.63) is 12.7 Å². The Balaban J connectivity index is 2.99. The first-order valence-corrected chi connectivity index (χ1v) is 7.68. The van der Waals surface area contributed by atoms with E-state index in [1.54, 1.807) is 0 Å². The largest absolute Gasteiger partial charge is 0.463 e. The highest BCUT2D eigenvalue weighted by atomic mass is 16.5. The van der Waals surface area contributed by atoms with Crippen LogP contribution in [0.5, 0.6) is 0 Å². The van der Waals surface area contributed by atoms with E-state index in [1.807, 2.05) is 0 Å². The Morgan fingerprint density at radius 3 is 1.63 bits per heavy atom. The summed E-state index contributed by atoms with van der Waals surface area (Å²) in [5.41, 5.74) is 0. The molecule has 0 atom stereocenters. The summed E-state index contributed by atoms with van der Waals surface area (Å²) in [4.78, 5) is 10.8. The fourth-order valence-electron chi connectivity index (χ4n) is 2.03. The van der Waals surface area contributed by atoms with Gasteiger partial charge in [-0.15, -0.1) is 0 Å². The van der Waals surface area contributed by atoms with E-state index in [9.17, 15) is 9.90 Å². The second-order valence-electron chi connectivity index (χ2n) is 4.96. The van der Waals surface area contributed by atoms with Crippen LogP contribution in [0.4, 0.5) is 0 Å². The summed E-state index contributed by atoms with van der Waals surface area (Å²) in [6.45, 7) is 3.95. The number of unbranched alkanes of at least 4 members (excludes halogenated alkanes) is 10. The van der Waals surface area contributed by atoms with E-state index < -0.39 is 0 Å². The van der Waals surface area contributed by atoms with Gasteiger partial charge in [0.15, 0.2) is 0 Å². The van der Waals surface area contributed by atoms with Crippen LogP contribution >= 0.6 is 0 Å². The summed E-state index contributed by atoms with van der Waals surface area (Å²) >= 11 is 0. The first-order valence-electron chi connectivity index (χ1n) is 7.68. The van der Waals surface area contributed by atoms with E-state index in [1.165, 1.54) is 51.0 Å². The summed E-state index contributed by atoms with van der Waals surface area (Å²) in [6.07, 6.45) is 14.1. The van der Waals surface area contributed by atoms with Gasteiger partial charge in [-0.25, -0.2) is 9.90 Å². The van der Waals surface area contributed by atoms with Crippen molar-refractivity contribution < 1.29 is 14.6 Å². The van der Waals surface area contributed by atoms with Gasteiger partial charge in [-0.1, -0.05) is 64.4 Å². The lowest BCUT2D eigenvalue weighted by atomic mass is 10.1. The zero-order chi connectivity index (χ0) is 14.2. The first kappa shape index (κ1) is 18.2. The Morgan fingerprint density at radius 1 is 0.789 bits per heavy atom. The molecule has 111 valence electrons. The van der Waals surface area contributed by atoms with Gasteiger partial charge in [0.05, 0.1) is 13.2 Å². The van der Waals surface area contributed by atoms with E-state index in [-0.39, 0.29) is 12.6 Å². The highest BCUT2D eigenvalue weighted by Gasteiger charge is 1.96. The fraction of sp³-hybridized carbons (Fsp3) is 0.812. The minimum Gasteiger partial charge on any atom is -0.463 e. The Labute approximate surface area is 118 Å². The summed E-state index contributed by atoms with van der Waals surface area (Å²) in [5.74, 6) is -0.322. The van der Waals surface area contributed by atoms with Crippen LogP contribution in [0.3, 0.4) is 0 Å². The molecule has 0 saturated carbocycles. The zero-order valence-electron chi connectivity index (χ0n) is 12.2. The molecule has 3 heteroatoms. The minimum atomic E-state index is -0.322. The second kappa shape index (κ2) is 15.2. The van der Waals surface area contributed by atoms with Gasteiger partial charge in [-0.05, 0) is 12.8 Å². The molecule has 0 unspecified atom stereocenters. The number of hydrogen-bond donors (Lipinski definition) is 0. The van der Waals surface area contributed by atoms with Crippen LogP contribution in [0, 0.1) is 0 Å². The third kappa shape index (κ3) is 15.1. The van der Waals surface area contributed by atoms with Crippen molar-refractivity contribution in [2.45, 2.75) is 70.6 Å². The molecule has 0 aromatic rings. The molecule has 0 amide bonds. The SMILES string of the molecule is C=CC(=O)OCCCCCCCCCCCCC[O]. The minimum absolute atomic E-state index is 0.0854. The molecule has 0 fully saturated rings. The summed E-state index contributed by atoms with van der Waals surface area (Å²) in [5, 5.41) is 10.2. The number of rotatable bonds is 14. The number of carbonyl (C=O) groups is 1. The molecule has 0 saturated heterocycles. The second-order valence-corrected chi connectivity index (χ2v) is 4.96. The van der Waals surface area contributed by atoms with Gasteiger partial charge in [-0.3, -0.25) is 0 Å². The Hall–Kier alpha value is -0.830. The Morgan fingerprint density at radius 2 is 1.21 bits per heavy atom. The number of carbonyl (C=O) groups excluding carboxylic acids is 1. The molecule has 3 nitrogen and oxygen atoms in total. The van der Waals surface area contributed by atoms with Crippen molar-refractivity contribution in [2.24, 2.45) is 0 Å². The number of hydrogen-bond acceptors (Lipinski definition) is 2. The van der Waals surface area contributed by atoms with E-state index in [2.05, 4.69) is 6.58 Å². The molecule has 0 aromatic heterocycles. The monoisotopic (exact) mass is 269 g/mol. The quantitative estimate of drug-likeness (QED) is 0.266. The topological polar surface area (TPSA) is 46.2 Å². The van der Waals surface area contributed by atoms with Gasteiger partial charge in [0.2, 0.25) is 0 Å². The van der Waals surface area contributed by atoms with Gasteiger partial charge in [0.1, 0.15) is 0 Å². The van der Waals surface area contributed by atoms with Gasteiger partial charge in [0.25, 0.3) is 0 Å². The van der Waals surface area contributed by atoms with Crippen LogP contribution in [-0.2, 0) is 14.6 Å². The van der Waals surface area contributed by atoms with Gasteiger partial charge in [0, 0.05) is 6.08 Å². The van der Waals surface area contributed by atoms with Crippen LogP contribution in [0.2, 0.25) is 0 Å². The van der Waals surface area contributed by atoms with E-state index in [4.69, 9.17) is 4.74 Å². The van der Waals surface area contributed by atoms with Crippen molar-refractivity contribution >= 4 is 5.97 Å². The van der Waals surface area contributed by atoms with Crippen molar-refractivity contribution in [1.82, 2.24) is 0 Å². The summed E-state index contributed by atoms with van der Waals surface area (Å²) in [6, 6.07) is 0. The molecular formula is C16H29O3. The van der Waals surface area contributed by atoms with Crippen LogP contribution in [0.25, 0.3) is 0 Å². The van der Waals surface area contributed by atoms with E-state index in [0.717, 1.165) is 25.7 Å². The predicted octanol–water partition coefficient (Wildman–Crippen LogP) is 4.44. The Kier molecular flexibility index (Phi) is 14.6. The lowest BCUT2D eigenvalue weighted by Crippen LogP contribution is -2.01. The molecule has 1 radical (unpaired) electrons. The standard InChI is InChI=1S/C16H29O3/c1-2-16(18)19-15-13-11-9-7-5-3-4-6-8-10-12-14-17/h2H,1,3-15H2. The molecule has 19 heavy (non-hydrogen) atoms. The Bertz CT molecular complexity index is 214. The van der Waals surface area contributed by atoms with Crippen molar-refractivity contribution in [1.29, 1.82) is 0 Å². The van der Waals surface area contributed by atoms with Crippen molar-refractivity contribution in [2.75, 3.05) is 13.2 Å². The normalized spacial score (nSPS) is 10.4. The predicted molar refractivity (Wildman–Crippen MR) is 77.5 cm³/mol. The molecule has 0 aromatic carbocycles. The molecule has 0 spiro atoms. The summed E-state index contributed by atoms with van der Waals surface area (Å²) in [7, 11) is 0. The molecule has 0 aliphatic rings. The first-order chi connectivity index (χ1) is 9.31. The van der Waals surface area contributed by atoms with Crippen LogP contribution < -0.4 is 0 Å². The third-order valence-electron chi connectivity index (χ3n) is 3.20. The molecule has 0 heterocycles. The lowest BCUT2D eigenvalue weighted by molar-refractivity contribution is -0.137. The average molecular weight is 269 g/mol. The van der Waals surface area contributed by atoms with Gasteiger partial charge in [-0.2, -0.15) is 0 Å². The zero-order valence-corrected chi connectivity index (χ0v) is 12.2. The molecular weight excluding hydrogens is 240 g/mol. The van der Waals surface area contributed by atoms with Crippen LogP contribution in [0.1, 0.15) is 70.6 Å². The fourth-order valence-corrected chi connectivity index (χ4v) is 2.03. The molecule has 0 aliphatic carbocycles. The highest BCUT2D eigenvalue weighted by Crippen LogP contribution is 2.11. The average Bonchev–Trinajstić information content (AvgIpc) is 2.43. The van der Waals surface area contributed by atoms with Crippen LogP contribution in [-0.4, -0.2) is 19.2 Å².